The second kappa shape index (κ2) is 5.86. The van der Waals surface area contributed by atoms with Crippen LogP contribution in [0.15, 0.2) is 30.7 Å². The van der Waals surface area contributed by atoms with E-state index in [2.05, 4.69) is 25.3 Å². The van der Waals surface area contributed by atoms with Crippen molar-refractivity contribution in [3.63, 3.8) is 0 Å². The number of hydrogen-bond donors (Lipinski definition) is 2. The smallest absolute Gasteiger partial charge is 0.364 e. The van der Waals surface area contributed by atoms with Gasteiger partial charge < -0.3 is 10.3 Å². The summed E-state index contributed by atoms with van der Waals surface area (Å²) in [7, 11) is 0. The van der Waals surface area contributed by atoms with Crippen LogP contribution in [0.1, 0.15) is 23.9 Å². The maximum Gasteiger partial charge on any atom is 0.433 e. The van der Waals surface area contributed by atoms with Crippen LogP contribution in [0.25, 0.3) is 11.0 Å². The molecular weight excluding hydrogens is 307 g/mol. The number of fused-ring (bicyclic) bond motifs is 1. The minimum Gasteiger partial charge on any atom is -0.364 e. The summed E-state index contributed by atoms with van der Waals surface area (Å²) < 4.78 is 38.1. The Balaban J connectivity index is 1.85. The minimum atomic E-state index is -4.45. The predicted molar refractivity (Wildman–Crippen MR) is 79.8 cm³/mol. The van der Waals surface area contributed by atoms with Crippen molar-refractivity contribution < 1.29 is 13.2 Å². The van der Waals surface area contributed by atoms with E-state index in [9.17, 15) is 13.2 Å². The first-order valence-electron chi connectivity index (χ1n) is 7.07. The van der Waals surface area contributed by atoms with E-state index in [1.54, 1.807) is 6.07 Å². The van der Waals surface area contributed by atoms with Gasteiger partial charge >= 0.3 is 6.18 Å². The molecule has 0 aliphatic carbocycles. The van der Waals surface area contributed by atoms with Crippen molar-refractivity contribution in [3.05, 3.63) is 47.7 Å². The fourth-order valence-electron chi connectivity index (χ4n) is 2.35. The Bertz CT molecular complexity index is 825. The molecule has 0 unspecified atom stereocenters. The molecule has 0 bridgehead atoms. The number of hydrogen-bond acceptors (Lipinski definition) is 4. The number of rotatable bonds is 4. The van der Waals surface area contributed by atoms with Gasteiger partial charge in [-0.05, 0) is 24.1 Å². The van der Waals surface area contributed by atoms with Crippen molar-refractivity contribution in [2.24, 2.45) is 0 Å². The summed E-state index contributed by atoms with van der Waals surface area (Å²) in [4.78, 5) is 15.0. The van der Waals surface area contributed by atoms with Crippen molar-refractivity contribution in [2.45, 2.75) is 26.1 Å². The lowest BCUT2D eigenvalue weighted by atomic mass is 10.2. The predicted octanol–water partition coefficient (Wildman–Crippen LogP) is 3.55. The minimum absolute atomic E-state index is 0.143. The van der Waals surface area contributed by atoms with Gasteiger partial charge in [0.15, 0.2) is 0 Å². The van der Waals surface area contributed by atoms with Gasteiger partial charge in [-0.25, -0.2) is 15.0 Å². The second-order valence-electron chi connectivity index (χ2n) is 4.98. The van der Waals surface area contributed by atoms with Crippen LogP contribution in [0.5, 0.6) is 0 Å². The van der Waals surface area contributed by atoms with Gasteiger partial charge in [-0.1, -0.05) is 13.0 Å². The number of pyridine rings is 1. The Morgan fingerprint density at radius 2 is 2.04 bits per heavy atom. The van der Waals surface area contributed by atoms with Crippen LogP contribution in [0, 0.1) is 0 Å². The standard InChI is InChI=1S/C15H14F3N5/c1-2-9-6-19-13-12(9)14(22-8-21-13)20-7-10-4-3-5-11(23-10)15(16,17)18/h3-6,8H,2,7H2,1H3,(H2,19,20,21,22). The van der Waals surface area contributed by atoms with Gasteiger partial charge in [0, 0.05) is 6.20 Å². The second-order valence-corrected chi connectivity index (χ2v) is 4.98. The largest absolute Gasteiger partial charge is 0.433 e. The highest BCUT2D eigenvalue weighted by Crippen LogP contribution is 2.28. The molecule has 2 N–H and O–H groups in total. The molecule has 3 aromatic rings. The molecule has 8 heteroatoms. The summed E-state index contributed by atoms with van der Waals surface area (Å²) in [6.45, 7) is 2.15. The zero-order valence-corrected chi connectivity index (χ0v) is 12.3. The molecule has 0 spiro atoms. The van der Waals surface area contributed by atoms with Crippen molar-refractivity contribution >= 4 is 16.9 Å². The monoisotopic (exact) mass is 321 g/mol. The van der Waals surface area contributed by atoms with E-state index >= 15 is 0 Å². The molecule has 23 heavy (non-hydrogen) atoms. The Morgan fingerprint density at radius 3 is 2.78 bits per heavy atom. The third-order valence-electron chi connectivity index (χ3n) is 3.47. The lowest BCUT2D eigenvalue weighted by Crippen LogP contribution is -2.11. The fraction of sp³-hybridized carbons (Fsp3) is 0.267. The number of aromatic amines is 1. The van der Waals surface area contributed by atoms with Gasteiger partial charge in [0.05, 0.1) is 17.6 Å². The van der Waals surface area contributed by atoms with E-state index in [1.165, 1.54) is 12.4 Å². The van der Waals surface area contributed by atoms with Crippen molar-refractivity contribution in [1.29, 1.82) is 0 Å². The average molecular weight is 321 g/mol. The first-order valence-corrected chi connectivity index (χ1v) is 7.07. The van der Waals surface area contributed by atoms with Crippen LogP contribution in [-0.4, -0.2) is 19.9 Å². The molecule has 120 valence electrons. The number of anilines is 1. The molecule has 0 saturated carbocycles. The number of H-pyrrole nitrogens is 1. The van der Waals surface area contributed by atoms with Gasteiger partial charge in [0.2, 0.25) is 0 Å². The van der Waals surface area contributed by atoms with Crippen LogP contribution in [-0.2, 0) is 19.1 Å². The van der Waals surface area contributed by atoms with Gasteiger partial charge in [0.1, 0.15) is 23.5 Å². The van der Waals surface area contributed by atoms with E-state index in [1.807, 2.05) is 13.1 Å². The Hall–Kier alpha value is -2.64. The summed E-state index contributed by atoms with van der Waals surface area (Å²) in [5.41, 5.74) is 1.12. The molecular formula is C15H14F3N5. The summed E-state index contributed by atoms with van der Waals surface area (Å²) in [6, 6.07) is 3.84. The van der Waals surface area contributed by atoms with E-state index in [0.29, 0.717) is 17.2 Å². The quantitative estimate of drug-likeness (QED) is 0.771. The molecule has 3 heterocycles. The summed E-state index contributed by atoms with van der Waals surface area (Å²) in [5.74, 6) is 0.576. The third-order valence-corrected chi connectivity index (χ3v) is 3.47. The molecule has 0 saturated heterocycles. The van der Waals surface area contributed by atoms with E-state index in [0.717, 1.165) is 23.4 Å². The molecule has 0 radical (unpaired) electrons. The molecule has 0 aliphatic rings. The van der Waals surface area contributed by atoms with Crippen LogP contribution < -0.4 is 5.32 Å². The summed E-state index contributed by atoms with van der Waals surface area (Å²) in [5, 5.41) is 3.89. The first-order chi connectivity index (χ1) is 11.0. The molecule has 3 aromatic heterocycles. The van der Waals surface area contributed by atoms with Crippen LogP contribution in [0.4, 0.5) is 19.0 Å². The highest BCUT2D eigenvalue weighted by molar-refractivity contribution is 5.90. The van der Waals surface area contributed by atoms with E-state index < -0.39 is 11.9 Å². The summed E-state index contributed by atoms with van der Waals surface area (Å²) >= 11 is 0. The Morgan fingerprint density at radius 1 is 1.22 bits per heavy atom. The lowest BCUT2D eigenvalue weighted by molar-refractivity contribution is -0.141. The zero-order valence-electron chi connectivity index (χ0n) is 12.3. The van der Waals surface area contributed by atoms with Gasteiger partial charge in [-0.15, -0.1) is 0 Å². The number of nitrogens with one attached hydrogen (secondary N) is 2. The van der Waals surface area contributed by atoms with Gasteiger partial charge in [0.25, 0.3) is 0 Å². The van der Waals surface area contributed by atoms with Crippen molar-refractivity contribution in [2.75, 3.05) is 5.32 Å². The molecule has 3 rings (SSSR count). The first kappa shape index (κ1) is 15.3. The maximum absolute atomic E-state index is 12.7. The zero-order chi connectivity index (χ0) is 16.4. The van der Waals surface area contributed by atoms with Crippen molar-refractivity contribution in [1.82, 2.24) is 19.9 Å². The van der Waals surface area contributed by atoms with Crippen LogP contribution in [0.3, 0.4) is 0 Å². The topological polar surface area (TPSA) is 66.5 Å². The highest BCUT2D eigenvalue weighted by atomic mass is 19.4. The number of alkyl halides is 3. The molecule has 0 amide bonds. The normalized spacial score (nSPS) is 11.8. The fourth-order valence-corrected chi connectivity index (χ4v) is 2.35. The number of halogens is 3. The number of nitrogens with zero attached hydrogens (tertiary/aromatic N) is 3. The molecule has 0 atom stereocenters. The summed E-state index contributed by atoms with van der Waals surface area (Å²) in [6.07, 6.45) is -0.398. The Labute approximate surface area is 130 Å². The number of aryl methyl sites for hydroxylation is 1. The van der Waals surface area contributed by atoms with E-state index in [-0.39, 0.29) is 6.54 Å². The SMILES string of the molecule is CCc1c[nH]c2ncnc(NCc3cccc(C(F)(F)F)n3)c12. The third kappa shape index (κ3) is 3.10. The van der Waals surface area contributed by atoms with Crippen molar-refractivity contribution in [3.8, 4) is 0 Å². The average Bonchev–Trinajstić information content (AvgIpc) is 2.96. The van der Waals surface area contributed by atoms with Crippen LogP contribution >= 0.6 is 0 Å². The van der Waals surface area contributed by atoms with Gasteiger partial charge in [-0.3, -0.25) is 0 Å². The molecule has 0 aromatic carbocycles. The maximum atomic E-state index is 12.7. The molecule has 0 aliphatic heterocycles. The van der Waals surface area contributed by atoms with Gasteiger partial charge in [-0.2, -0.15) is 13.2 Å². The molecule has 0 fully saturated rings. The van der Waals surface area contributed by atoms with Crippen LogP contribution in [0.2, 0.25) is 0 Å². The molecule has 5 nitrogen and oxygen atoms in total. The highest BCUT2D eigenvalue weighted by Gasteiger charge is 2.32. The number of aromatic nitrogens is 4. The lowest BCUT2D eigenvalue weighted by Gasteiger charge is -2.10. The Kier molecular flexibility index (Phi) is 3.89. The van der Waals surface area contributed by atoms with E-state index in [4.69, 9.17) is 0 Å².